The summed E-state index contributed by atoms with van der Waals surface area (Å²) in [5.74, 6) is -1.04. The highest BCUT2D eigenvalue weighted by molar-refractivity contribution is 7.78. The lowest BCUT2D eigenvalue weighted by molar-refractivity contribution is -0.128. The van der Waals surface area contributed by atoms with Crippen molar-refractivity contribution in [3.05, 3.63) is 34.9 Å². The average Bonchev–Trinajstić information content (AvgIpc) is 2.59. The first-order chi connectivity index (χ1) is 11.5. The molecule has 0 bridgehead atoms. The third-order valence-corrected chi connectivity index (χ3v) is 3.71. The summed E-state index contributed by atoms with van der Waals surface area (Å²) in [6.45, 7) is 2.16. The minimum absolute atomic E-state index is 0.191. The van der Waals surface area contributed by atoms with Crippen molar-refractivity contribution < 1.29 is 19.2 Å². The van der Waals surface area contributed by atoms with Gasteiger partial charge in [-0.1, -0.05) is 25.2 Å². The molecule has 1 rings (SSSR count). The van der Waals surface area contributed by atoms with Gasteiger partial charge in [-0.25, -0.2) is 0 Å². The van der Waals surface area contributed by atoms with E-state index in [1.807, 2.05) is 5.32 Å². The highest BCUT2D eigenvalue weighted by Crippen LogP contribution is 2.15. The van der Waals surface area contributed by atoms with Crippen LogP contribution in [0, 0.1) is 0 Å². The monoisotopic (exact) mass is 349 g/mol. The van der Waals surface area contributed by atoms with E-state index in [1.54, 1.807) is 19.1 Å². The summed E-state index contributed by atoms with van der Waals surface area (Å²) in [5, 5.41) is 4.88. The summed E-state index contributed by atoms with van der Waals surface area (Å²) in [6.07, 6.45) is 1.20. The van der Waals surface area contributed by atoms with Gasteiger partial charge in [0.2, 0.25) is 12.3 Å². The number of carbonyl (C=O) groups excluding carboxylic acids is 4. The van der Waals surface area contributed by atoms with Gasteiger partial charge in [0.05, 0.1) is 11.1 Å². The molecule has 0 aromatic heterocycles. The zero-order chi connectivity index (χ0) is 18.1. The number of aldehydes is 1. The highest BCUT2D eigenvalue weighted by Gasteiger charge is 2.27. The Morgan fingerprint density at radius 1 is 1.33 bits per heavy atom. The Labute approximate surface area is 145 Å². The van der Waals surface area contributed by atoms with Gasteiger partial charge in [0.15, 0.2) is 6.29 Å². The number of hydrogen-bond donors (Lipinski definition) is 2. The molecule has 0 aliphatic rings. The summed E-state index contributed by atoms with van der Waals surface area (Å²) in [4.78, 5) is 47.4. The van der Waals surface area contributed by atoms with Gasteiger partial charge in [0.25, 0.3) is 5.91 Å². The van der Waals surface area contributed by atoms with Gasteiger partial charge < -0.3 is 10.2 Å². The zero-order valence-electron chi connectivity index (χ0n) is 13.4. The lowest BCUT2D eigenvalue weighted by atomic mass is 10.0. The molecular weight excluding hydrogens is 330 g/mol. The number of nitrogens with one attached hydrogen (secondary N) is 2. The molecule has 0 saturated heterocycles. The van der Waals surface area contributed by atoms with Gasteiger partial charge >= 0.3 is 0 Å². The number of nitrogens with zero attached hydrogens (tertiary/aromatic N) is 1. The molecule has 1 aromatic carbocycles. The van der Waals surface area contributed by atoms with Crippen LogP contribution in [0.2, 0.25) is 0 Å². The summed E-state index contributed by atoms with van der Waals surface area (Å²) in [6, 6.07) is 4.02. The molecule has 0 fully saturated rings. The second-order valence-corrected chi connectivity index (χ2v) is 5.24. The smallest absolute Gasteiger partial charge is 0.255 e. The van der Waals surface area contributed by atoms with E-state index in [-0.39, 0.29) is 17.5 Å². The van der Waals surface area contributed by atoms with Crippen molar-refractivity contribution in [1.82, 2.24) is 15.5 Å². The van der Waals surface area contributed by atoms with Gasteiger partial charge in [-0.2, -0.15) is 0 Å². The van der Waals surface area contributed by atoms with Crippen LogP contribution in [0.15, 0.2) is 18.2 Å². The van der Waals surface area contributed by atoms with E-state index in [9.17, 15) is 19.2 Å². The average molecular weight is 349 g/mol. The fraction of sp³-hybridized carbons (Fsp3) is 0.312. The Hall–Kier alpha value is -2.61. The Morgan fingerprint density at radius 3 is 2.58 bits per heavy atom. The van der Waals surface area contributed by atoms with Crippen LogP contribution in [-0.4, -0.2) is 48.0 Å². The molecule has 1 atom stereocenters. The quantitative estimate of drug-likeness (QED) is 0.502. The molecular formula is C16H19N3O4S. The zero-order valence-corrected chi connectivity index (χ0v) is 14.3. The number of imide groups is 1. The molecule has 24 heavy (non-hydrogen) atoms. The molecule has 0 radical (unpaired) electrons. The molecule has 0 saturated carbocycles. The fourth-order valence-corrected chi connectivity index (χ4v) is 2.38. The largest absolute Gasteiger partial charge is 0.378 e. The van der Waals surface area contributed by atoms with Gasteiger partial charge in [-0.05, 0) is 24.1 Å². The van der Waals surface area contributed by atoms with E-state index >= 15 is 0 Å². The van der Waals surface area contributed by atoms with Crippen molar-refractivity contribution in [3.63, 3.8) is 0 Å². The van der Waals surface area contributed by atoms with E-state index in [2.05, 4.69) is 17.5 Å². The van der Waals surface area contributed by atoms with Crippen molar-refractivity contribution in [3.8, 4) is 0 Å². The molecule has 0 aliphatic heterocycles. The Morgan fingerprint density at radius 2 is 2.04 bits per heavy atom. The van der Waals surface area contributed by atoms with E-state index < -0.39 is 17.9 Å². The Balaban J connectivity index is 3.07. The molecule has 0 spiro atoms. The molecule has 1 aromatic rings. The normalized spacial score (nSPS) is 11.1. The van der Waals surface area contributed by atoms with Gasteiger partial charge in [0.1, 0.15) is 6.04 Å². The fourth-order valence-electron chi connectivity index (χ4n) is 2.29. The van der Waals surface area contributed by atoms with E-state index in [4.69, 9.17) is 0 Å². The predicted molar refractivity (Wildman–Crippen MR) is 92.7 cm³/mol. The number of amides is 3. The van der Waals surface area contributed by atoms with Crippen molar-refractivity contribution in [2.24, 2.45) is 0 Å². The first kappa shape index (κ1) is 19.4. The maximum atomic E-state index is 12.6. The summed E-state index contributed by atoms with van der Waals surface area (Å²) >= 11 is 4.67. The van der Waals surface area contributed by atoms with Crippen molar-refractivity contribution in [2.75, 3.05) is 7.05 Å². The third kappa shape index (κ3) is 4.69. The van der Waals surface area contributed by atoms with Crippen molar-refractivity contribution in [1.29, 1.82) is 0 Å². The predicted octanol–water partition coefficient (Wildman–Crippen LogP) is 0.669. The van der Waals surface area contributed by atoms with Crippen LogP contribution in [0.3, 0.4) is 0 Å². The lowest BCUT2D eigenvalue weighted by Gasteiger charge is -2.26. The van der Waals surface area contributed by atoms with Crippen molar-refractivity contribution >= 4 is 42.2 Å². The number of likely N-dealkylation sites (N-methyl/N-ethyl adjacent to an activating group) is 1. The maximum Gasteiger partial charge on any atom is 0.255 e. The summed E-state index contributed by atoms with van der Waals surface area (Å²) in [5.41, 5.74) is 2.57. The van der Waals surface area contributed by atoms with Crippen LogP contribution in [-0.2, 0) is 16.1 Å². The topological polar surface area (TPSA) is 95.6 Å². The molecule has 0 heterocycles. The number of benzene rings is 1. The second kappa shape index (κ2) is 9.51. The van der Waals surface area contributed by atoms with Crippen LogP contribution in [0.4, 0.5) is 0 Å². The van der Waals surface area contributed by atoms with E-state index in [0.29, 0.717) is 19.3 Å². The number of rotatable bonds is 9. The van der Waals surface area contributed by atoms with Gasteiger partial charge in [-0.3, -0.25) is 24.5 Å². The molecule has 128 valence electrons. The van der Waals surface area contributed by atoms with Crippen LogP contribution >= 0.6 is 12.2 Å². The standard InChI is InChI=1S/C16H19N3O4S/c1-3-14(15(22)18-9-21)19(2)16(23)13-5-4-11(7-17-10-24)6-12(13)8-20/h4-6,8-10,14H,3,7H2,1-2H3,(H,17,24)(H,18,21,22). The first-order valence-electron chi connectivity index (χ1n) is 7.26. The molecule has 7 nitrogen and oxygen atoms in total. The SMILES string of the molecule is CCC(C(=O)NC=O)N(C)C(=O)c1ccc(CNC=S)cc1C=O. The molecule has 3 amide bonds. The number of carbonyl (C=O) groups is 4. The minimum atomic E-state index is -0.807. The molecule has 1 unspecified atom stereocenters. The van der Waals surface area contributed by atoms with Crippen molar-refractivity contribution in [2.45, 2.75) is 25.9 Å². The van der Waals surface area contributed by atoms with E-state index in [1.165, 1.54) is 23.5 Å². The Kier molecular flexibility index (Phi) is 7.70. The second-order valence-electron chi connectivity index (χ2n) is 5.00. The maximum absolute atomic E-state index is 12.6. The van der Waals surface area contributed by atoms with Crippen LogP contribution in [0.25, 0.3) is 0 Å². The van der Waals surface area contributed by atoms with Crippen LogP contribution < -0.4 is 10.6 Å². The molecule has 0 aliphatic carbocycles. The third-order valence-electron chi connectivity index (χ3n) is 3.54. The summed E-state index contributed by atoms with van der Waals surface area (Å²) < 4.78 is 0. The highest BCUT2D eigenvalue weighted by atomic mass is 32.1. The Bertz CT molecular complexity index is 648. The molecule has 8 heteroatoms. The first-order valence-corrected chi connectivity index (χ1v) is 7.73. The van der Waals surface area contributed by atoms with Crippen LogP contribution in [0.5, 0.6) is 0 Å². The minimum Gasteiger partial charge on any atom is -0.378 e. The van der Waals surface area contributed by atoms with E-state index in [0.717, 1.165) is 5.56 Å². The van der Waals surface area contributed by atoms with Gasteiger partial charge in [0, 0.05) is 19.2 Å². The van der Waals surface area contributed by atoms with Crippen LogP contribution in [0.1, 0.15) is 39.6 Å². The number of thiocarbonyl (C=S) groups is 1. The molecule has 2 N–H and O–H groups in total. The number of hydrogen-bond acceptors (Lipinski definition) is 5. The lowest BCUT2D eigenvalue weighted by Crippen LogP contribution is -2.47. The van der Waals surface area contributed by atoms with Gasteiger partial charge in [-0.15, -0.1) is 0 Å². The summed E-state index contributed by atoms with van der Waals surface area (Å²) in [7, 11) is 1.46.